The molecular weight excluding hydrogens is 184 g/mol. The number of nitrogens with two attached hydrogens (primary N) is 1. The molecule has 6 nitrogen and oxygen atoms in total. The van der Waals surface area contributed by atoms with Crippen molar-refractivity contribution in [3.63, 3.8) is 0 Å². The number of aryl methyl sites for hydroxylation is 1. The van der Waals surface area contributed by atoms with Gasteiger partial charge in [-0.05, 0) is 12.8 Å². The quantitative estimate of drug-likeness (QED) is 0.709. The third-order valence-electron chi connectivity index (χ3n) is 2.34. The van der Waals surface area contributed by atoms with Crippen LogP contribution >= 0.6 is 0 Å². The van der Waals surface area contributed by atoms with Crippen LogP contribution in [0, 0.1) is 6.92 Å². The zero-order valence-electron chi connectivity index (χ0n) is 7.93. The molecule has 1 aliphatic heterocycles. The highest BCUT2D eigenvalue weighted by Crippen LogP contribution is 2.23. The highest BCUT2D eigenvalue weighted by atomic mass is 16.4. The van der Waals surface area contributed by atoms with Gasteiger partial charge in [-0.25, -0.2) is 0 Å². The Balaban J connectivity index is 2.21. The maximum atomic E-state index is 11.1. The van der Waals surface area contributed by atoms with Gasteiger partial charge in [0.2, 0.25) is 11.8 Å². The van der Waals surface area contributed by atoms with Crippen molar-refractivity contribution in [2.75, 3.05) is 11.4 Å². The Morgan fingerprint density at radius 2 is 2.43 bits per heavy atom. The molecule has 1 amide bonds. The van der Waals surface area contributed by atoms with E-state index in [1.54, 1.807) is 11.8 Å². The van der Waals surface area contributed by atoms with Crippen LogP contribution in [0.3, 0.4) is 0 Å². The summed E-state index contributed by atoms with van der Waals surface area (Å²) in [6.45, 7) is 2.46. The highest BCUT2D eigenvalue weighted by molar-refractivity contribution is 5.83. The first kappa shape index (κ1) is 8.98. The molecule has 2 N–H and O–H groups in total. The minimum atomic E-state index is -0.335. The molecule has 0 aromatic carbocycles. The van der Waals surface area contributed by atoms with Crippen LogP contribution in [0.5, 0.6) is 0 Å². The largest absolute Gasteiger partial charge is 0.408 e. The molecule has 0 radical (unpaired) electrons. The minimum Gasteiger partial charge on any atom is -0.408 e. The van der Waals surface area contributed by atoms with Gasteiger partial charge in [-0.1, -0.05) is 5.10 Å². The molecule has 1 atom stereocenters. The van der Waals surface area contributed by atoms with Crippen LogP contribution in [0.4, 0.5) is 6.01 Å². The lowest BCUT2D eigenvalue weighted by Crippen LogP contribution is -2.40. The van der Waals surface area contributed by atoms with E-state index >= 15 is 0 Å². The Labute approximate surface area is 81.1 Å². The number of carbonyl (C=O) groups is 1. The summed E-state index contributed by atoms with van der Waals surface area (Å²) in [6, 6.07) is 0.0960. The Morgan fingerprint density at radius 3 is 3.00 bits per heavy atom. The molecule has 2 heterocycles. The molecular formula is C8H12N4O2. The molecule has 1 fully saturated rings. The van der Waals surface area contributed by atoms with Crippen LogP contribution in [-0.2, 0) is 4.79 Å². The second-order valence-corrected chi connectivity index (χ2v) is 3.36. The summed E-state index contributed by atoms with van der Waals surface area (Å²) in [6.07, 6.45) is 1.69. The van der Waals surface area contributed by atoms with Gasteiger partial charge < -0.3 is 15.1 Å². The SMILES string of the molecule is Cc1nnc(N2CCCC2C(N)=O)o1. The van der Waals surface area contributed by atoms with Gasteiger partial charge in [0.15, 0.2) is 0 Å². The number of hydrogen-bond acceptors (Lipinski definition) is 5. The standard InChI is InChI=1S/C8H12N4O2/c1-5-10-11-8(14-5)12-4-2-3-6(12)7(9)13/h6H,2-4H2,1H3,(H2,9,13). The highest BCUT2D eigenvalue weighted by Gasteiger charge is 2.32. The maximum Gasteiger partial charge on any atom is 0.318 e. The first-order valence-electron chi connectivity index (χ1n) is 4.54. The fourth-order valence-electron chi connectivity index (χ4n) is 1.69. The molecule has 0 spiro atoms. The van der Waals surface area contributed by atoms with E-state index in [9.17, 15) is 4.79 Å². The first-order chi connectivity index (χ1) is 6.68. The number of aromatic nitrogens is 2. The first-order valence-corrected chi connectivity index (χ1v) is 4.54. The second-order valence-electron chi connectivity index (χ2n) is 3.36. The predicted molar refractivity (Wildman–Crippen MR) is 48.6 cm³/mol. The maximum absolute atomic E-state index is 11.1. The van der Waals surface area contributed by atoms with Crippen molar-refractivity contribution in [3.8, 4) is 0 Å². The fraction of sp³-hybridized carbons (Fsp3) is 0.625. The number of anilines is 1. The second kappa shape index (κ2) is 3.28. The fourth-order valence-corrected chi connectivity index (χ4v) is 1.69. The van der Waals surface area contributed by atoms with Crippen molar-refractivity contribution in [2.24, 2.45) is 5.73 Å². The lowest BCUT2D eigenvalue weighted by molar-refractivity contribution is -0.119. The summed E-state index contributed by atoms with van der Waals surface area (Å²) in [5.74, 6) is 0.161. The van der Waals surface area contributed by atoms with E-state index in [0.717, 1.165) is 19.4 Å². The van der Waals surface area contributed by atoms with E-state index in [2.05, 4.69) is 10.2 Å². The number of nitrogens with zero attached hydrogens (tertiary/aromatic N) is 3. The van der Waals surface area contributed by atoms with E-state index in [1.807, 2.05) is 0 Å². The lowest BCUT2D eigenvalue weighted by atomic mass is 10.2. The molecule has 2 rings (SSSR count). The summed E-state index contributed by atoms with van der Waals surface area (Å²) in [5, 5.41) is 7.58. The van der Waals surface area contributed by atoms with E-state index in [4.69, 9.17) is 10.2 Å². The average molecular weight is 196 g/mol. The molecule has 1 aromatic rings. The Bertz CT molecular complexity index is 349. The third kappa shape index (κ3) is 1.43. The Morgan fingerprint density at radius 1 is 1.64 bits per heavy atom. The average Bonchev–Trinajstić information content (AvgIpc) is 2.70. The molecule has 1 aromatic heterocycles. The van der Waals surface area contributed by atoms with Crippen molar-refractivity contribution in [1.29, 1.82) is 0 Å². The minimum absolute atomic E-state index is 0.296. The van der Waals surface area contributed by atoms with Gasteiger partial charge in [0.25, 0.3) is 0 Å². The Hall–Kier alpha value is -1.59. The van der Waals surface area contributed by atoms with Crippen molar-refractivity contribution in [3.05, 3.63) is 5.89 Å². The summed E-state index contributed by atoms with van der Waals surface area (Å²) < 4.78 is 5.24. The zero-order chi connectivity index (χ0) is 10.1. The van der Waals surface area contributed by atoms with E-state index in [-0.39, 0.29) is 11.9 Å². The van der Waals surface area contributed by atoms with Crippen LogP contribution in [0.25, 0.3) is 0 Å². The summed E-state index contributed by atoms with van der Waals surface area (Å²) in [5.41, 5.74) is 5.26. The van der Waals surface area contributed by atoms with Crippen LogP contribution < -0.4 is 10.6 Å². The third-order valence-corrected chi connectivity index (χ3v) is 2.34. The van der Waals surface area contributed by atoms with Crippen LogP contribution in [0.2, 0.25) is 0 Å². The van der Waals surface area contributed by atoms with Crippen molar-refractivity contribution < 1.29 is 9.21 Å². The summed E-state index contributed by atoms with van der Waals surface area (Å²) >= 11 is 0. The van der Waals surface area contributed by atoms with Crippen LogP contribution in [0.15, 0.2) is 4.42 Å². The number of amides is 1. The van der Waals surface area contributed by atoms with Crippen molar-refractivity contribution >= 4 is 11.9 Å². The smallest absolute Gasteiger partial charge is 0.318 e. The summed E-state index contributed by atoms with van der Waals surface area (Å²) in [7, 11) is 0. The number of primary amides is 1. The zero-order valence-corrected chi connectivity index (χ0v) is 7.93. The molecule has 1 saturated heterocycles. The lowest BCUT2D eigenvalue weighted by Gasteiger charge is -2.18. The molecule has 0 saturated carbocycles. The van der Waals surface area contributed by atoms with Gasteiger partial charge in [-0.15, -0.1) is 5.10 Å². The summed E-state index contributed by atoms with van der Waals surface area (Å²) in [4.78, 5) is 12.8. The van der Waals surface area contributed by atoms with E-state index in [0.29, 0.717) is 11.9 Å². The molecule has 0 bridgehead atoms. The number of carbonyl (C=O) groups excluding carboxylic acids is 1. The van der Waals surface area contributed by atoms with Gasteiger partial charge >= 0.3 is 6.01 Å². The molecule has 0 aliphatic carbocycles. The monoisotopic (exact) mass is 196 g/mol. The Kier molecular flexibility index (Phi) is 2.11. The molecule has 14 heavy (non-hydrogen) atoms. The van der Waals surface area contributed by atoms with Crippen molar-refractivity contribution in [1.82, 2.24) is 10.2 Å². The van der Waals surface area contributed by atoms with Gasteiger partial charge in [-0.3, -0.25) is 4.79 Å². The van der Waals surface area contributed by atoms with Crippen molar-refractivity contribution in [2.45, 2.75) is 25.8 Å². The van der Waals surface area contributed by atoms with Gasteiger partial charge in [-0.2, -0.15) is 0 Å². The molecule has 1 unspecified atom stereocenters. The van der Waals surface area contributed by atoms with Crippen LogP contribution in [0.1, 0.15) is 18.7 Å². The molecule has 76 valence electrons. The van der Waals surface area contributed by atoms with Crippen LogP contribution in [-0.4, -0.2) is 28.7 Å². The number of hydrogen-bond donors (Lipinski definition) is 1. The molecule has 1 aliphatic rings. The van der Waals surface area contributed by atoms with Gasteiger partial charge in [0.05, 0.1) is 0 Å². The van der Waals surface area contributed by atoms with E-state index in [1.165, 1.54) is 0 Å². The topological polar surface area (TPSA) is 85.3 Å². The van der Waals surface area contributed by atoms with E-state index < -0.39 is 0 Å². The predicted octanol–water partition coefficient (Wildman–Crippen LogP) is -0.168. The van der Waals surface area contributed by atoms with Gasteiger partial charge in [0, 0.05) is 13.5 Å². The van der Waals surface area contributed by atoms with Gasteiger partial charge in [0.1, 0.15) is 6.04 Å². The molecule has 6 heteroatoms. The normalized spacial score (nSPS) is 21.5. The number of rotatable bonds is 2.